The number of halogens is 5. The fourth-order valence-electron chi connectivity index (χ4n) is 8.30. The highest BCUT2D eigenvalue weighted by Crippen LogP contribution is 2.38. The number of hydrogen-bond donors (Lipinski definition) is 0. The molecule has 0 saturated carbocycles. The van der Waals surface area contributed by atoms with Gasteiger partial charge in [0.2, 0.25) is 20.0 Å². The predicted molar refractivity (Wildman–Crippen MR) is 242 cm³/mol. The SMILES string of the molecule is CS(=O)(=O)N(c1cc(F)cc(F)c1)C1CN([C@H](c2ccccc2)c2ccc(Br)cc2)C1.CS(=O)(=O)N(c1cc(F)cc(F)c1)C1CN([C@H](c2ccccc2)c2ccc(OC=O)cc2)C1. The molecular formula is C47H43BrF4N4O6S2. The topological polar surface area (TPSA) is 108 Å². The van der Waals surface area contributed by atoms with Crippen molar-refractivity contribution >= 4 is 53.8 Å². The zero-order valence-electron chi connectivity index (χ0n) is 34.5. The van der Waals surface area contributed by atoms with Crippen molar-refractivity contribution in [3.63, 3.8) is 0 Å². The largest absolute Gasteiger partial charge is 0.429 e. The van der Waals surface area contributed by atoms with E-state index in [1.807, 2.05) is 97.1 Å². The maximum absolute atomic E-state index is 13.8. The Bertz CT molecular complexity index is 2740. The second-order valence-corrected chi connectivity index (χ2v) is 20.2. The van der Waals surface area contributed by atoms with Gasteiger partial charge in [-0.05, 0) is 70.8 Å². The lowest BCUT2D eigenvalue weighted by molar-refractivity contribution is -0.120. The molecule has 0 radical (unpaired) electrons. The first-order valence-corrected chi connectivity index (χ1v) is 24.4. The van der Waals surface area contributed by atoms with Gasteiger partial charge in [0.25, 0.3) is 6.47 Å². The fraction of sp³-hybridized carbons (Fsp3) is 0.213. The van der Waals surface area contributed by atoms with E-state index < -0.39 is 55.4 Å². The molecule has 0 bridgehead atoms. The molecule has 6 aromatic rings. The van der Waals surface area contributed by atoms with Crippen molar-refractivity contribution in [3.8, 4) is 5.75 Å². The Kier molecular flexibility index (Phi) is 14.3. The molecule has 64 heavy (non-hydrogen) atoms. The third-order valence-corrected chi connectivity index (χ3v) is 13.9. The highest BCUT2D eigenvalue weighted by Gasteiger charge is 2.42. The summed E-state index contributed by atoms with van der Waals surface area (Å²) in [6, 6.07) is 39.2. The first kappa shape index (κ1) is 46.4. The van der Waals surface area contributed by atoms with Crippen molar-refractivity contribution in [2.24, 2.45) is 0 Å². The summed E-state index contributed by atoms with van der Waals surface area (Å²) in [7, 11) is -7.51. The Hall–Kier alpha value is -5.59. The number of hydrogen-bond acceptors (Lipinski definition) is 8. The van der Waals surface area contributed by atoms with Crippen molar-refractivity contribution in [3.05, 3.63) is 196 Å². The minimum Gasteiger partial charge on any atom is -0.429 e. The van der Waals surface area contributed by atoms with E-state index in [0.29, 0.717) is 44.5 Å². The quantitative estimate of drug-likeness (QED) is 0.0789. The summed E-state index contributed by atoms with van der Waals surface area (Å²) in [6.07, 6.45) is 2.08. The molecule has 0 amide bonds. The Morgan fingerprint density at radius 1 is 0.547 bits per heavy atom. The Morgan fingerprint density at radius 2 is 0.875 bits per heavy atom. The number of sulfonamides is 2. The number of rotatable bonds is 14. The average molecular weight is 980 g/mol. The number of anilines is 2. The van der Waals surface area contributed by atoms with E-state index in [4.69, 9.17) is 4.74 Å². The summed E-state index contributed by atoms with van der Waals surface area (Å²) in [5.41, 5.74) is 4.07. The van der Waals surface area contributed by atoms with Crippen LogP contribution in [0.1, 0.15) is 34.3 Å². The second kappa shape index (κ2) is 19.7. The molecule has 2 fully saturated rings. The molecular weight excluding hydrogens is 937 g/mol. The van der Waals surface area contributed by atoms with Crippen molar-refractivity contribution in [1.29, 1.82) is 0 Å². The van der Waals surface area contributed by atoms with Gasteiger partial charge in [-0.15, -0.1) is 0 Å². The lowest BCUT2D eigenvalue weighted by Crippen LogP contribution is -2.61. The number of nitrogens with zero attached hydrogens (tertiary/aromatic N) is 4. The normalized spacial score (nSPS) is 15.7. The zero-order chi connectivity index (χ0) is 45.8. The lowest BCUT2D eigenvalue weighted by atomic mass is 9.93. The average Bonchev–Trinajstić information content (AvgIpc) is 3.20. The van der Waals surface area contributed by atoms with Crippen molar-refractivity contribution in [2.45, 2.75) is 24.2 Å². The van der Waals surface area contributed by atoms with Gasteiger partial charge < -0.3 is 4.74 Å². The Morgan fingerprint density at radius 3 is 1.20 bits per heavy atom. The molecule has 8 rings (SSSR count). The highest BCUT2D eigenvalue weighted by molar-refractivity contribution is 9.10. The third kappa shape index (κ3) is 11.0. The van der Waals surface area contributed by atoms with E-state index in [9.17, 15) is 39.2 Å². The van der Waals surface area contributed by atoms with Gasteiger partial charge in [0, 0.05) is 42.8 Å². The zero-order valence-corrected chi connectivity index (χ0v) is 37.7. The van der Waals surface area contributed by atoms with Gasteiger partial charge in [-0.1, -0.05) is 101 Å². The smallest absolute Gasteiger partial charge is 0.298 e. The first-order valence-electron chi connectivity index (χ1n) is 19.9. The Balaban J connectivity index is 0.000000192. The third-order valence-electron chi connectivity index (χ3n) is 10.9. The van der Waals surface area contributed by atoms with Crippen LogP contribution in [0.4, 0.5) is 28.9 Å². The summed E-state index contributed by atoms with van der Waals surface area (Å²) >= 11 is 3.46. The van der Waals surface area contributed by atoms with Crippen LogP contribution < -0.4 is 13.3 Å². The van der Waals surface area contributed by atoms with Gasteiger partial charge in [0.05, 0.1) is 48.1 Å². The minimum atomic E-state index is -3.78. The van der Waals surface area contributed by atoms with Crippen LogP contribution in [0, 0.1) is 23.3 Å². The van der Waals surface area contributed by atoms with E-state index in [-0.39, 0.29) is 23.5 Å². The molecule has 0 aromatic heterocycles. The van der Waals surface area contributed by atoms with Crippen molar-refractivity contribution < 1.29 is 43.9 Å². The molecule has 0 spiro atoms. The number of ether oxygens (including phenoxy) is 1. The molecule has 0 unspecified atom stereocenters. The summed E-state index contributed by atoms with van der Waals surface area (Å²) in [6.45, 7) is 1.94. The molecule has 2 atom stereocenters. The van der Waals surface area contributed by atoms with Crippen molar-refractivity contribution in [1.82, 2.24) is 9.80 Å². The lowest BCUT2D eigenvalue weighted by Gasteiger charge is -2.48. The van der Waals surface area contributed by atoms with E-state index in [1.54, 1.807) is 12.1 Å². The summed E-state index contributed by atoms with van der Waals surface area (Å²) in [4.78, 5) is 14.8. The van der Waals surface area contributed by atoms with Gasteiger partial charge in [0.1, 0.15) is 29.0 Å². The Labute approximate surface area is 378 Å². The monoisotopic (exact) mass is 978 g/mol. The second-order valence-electron chi connectivity index (χ2n) is 15.5. The van der Waals surface area contributed by atoms with E-state index in [0.717, 1.165) is 78.2 Å². The maximum Gasteiger partial charge on any atom is 0.298 e. The van der Waals surface area contributed by atoms with Crippen LogP contribution in [-0.4, -0.2) is 83.9 Å². The molecule has 6 aromatic carbocycles. The van der Waals surface area contributed by atoms with E-state index in [1.165, 1.54) is 0 Å². The molecule has 2 heterocycles. The molecule has 2 aliphatic rings. The van der Waals surface area contributed by atoms with Gasteiger partial charge in [-0.25, -0.2) is 34.4 Å². The van der Waals surface area contributed by atoms with Crippen LogP contribution in [0.2, 0.25) is 0 Å². The number of carbonyl (C=O) groups is 1. The summed E-state index contributed by atoms with van der Waals surface area (Å²) in [5, 5.41) is 0. The highest BCUT2D eigenvalue weighted by atomic mass is 79.9. The van der Waals surface area contributed by atoms with Gasteiger partial charge in [-0.3, -0.25) is 23.2 Å². The van der Waals surface area contributed by atoms with E-state index >= 15 is 0 Å². The molecule has 0 N–H and O–H groups in total. The van der Waals surface area contributed by atoms with E-state index in [2.05, 4.69) is 25.7 Å². The van der Waals surface area contributed by atoms with Crippen LogP contribution in [0.25, 0.3) is 0 Å². The minimum absolute atomic E-state index is 0.00422. The van der Waals surface area contributed by atoms with Crippen LogP contribution >= 0.6 is 15.9 Å². The standard InChI is InChI=1S/C24H22F2N2O4S.C23H21BrF2N2O2S/c1-33(30,31)28(21-12-19(25)11-20(26)13-21)22-14-27(15-22)24(17-5-3-2-4-6-17)18-7-9-23(10-8-18)32-16-29;1-31(29,30)28(21-12-19(25)11-20(26)13-21)22-14-27(15-22)23(16-5-3-2-4-6-16)17-7-9-18(24)10-8-17/h2-13,16,22,24H,14-15H2,1H3;2-13,22-23H,14-15H2,1H3/t24-;23-/m11/s1. The van der Waals surface area contributed by atoms with Crippen molar-refractivity contribution in [2.75, 3.05) is 47.3 Å². The van der Waals surface area contributed by atoms with Crippen LogP contribution in [-0.2, 0) is 24.8 Å². The van der Waals surface area contributed by atoms with Gasteiger partial charge >= 0.3 is 0 Å². The van der Waals surface area contributed by atoms with Crippen LogP contribution in [0.3, 0.4) is 0 Å². The molecule has 10 nitrogen and oxygen atoms in total. The summed E-state index contributed by atoms with van der Waals surface area (Å²) in [5.74, 6) is -2.88. The maximum atomic E-state index is 13.8. The summed E-state index contributed by atoms with van der Waals surface area (Å²) < 4.78 is 113. The molecule has 2 aliphatic heterocycles. The van der Waals surface area contributed by atoms with Crippen LogP contribution in [0.5, 0.6) is 5.75 Å². The first-order chi connectivity index (χ1) is 30.5. The number of likely N-dealkylation sites (tertiary alicyclic amines) is 2. The number of carbonyl (C=O) groups excluding carboxylic acids is 1. The molecule has 0 aliphatic carbocycles. The predicted octanol–water partition coefficient (Wildman–Crippen LogP) is 8.71. The number of benzene rings is 6. The molecule has 2 saturated heterocycles. The van der Waals surface area contributed by atoms with Crippen LogP contribution in [0.15, 0.2) is 150 Å². The molecule has 334 valence electrons. The fourth-order valence-corrected chi connectivity index (χ4v) is 10.9. The van der Waals surface area contributed by atoms with Gasteiger partial charge in [-0.2, -0.15) is 0 Å². The molecule has 17 heteroatoms. The van der Waals surface area contributed by atoms with Gasteiger partial charge in [0.15, 0.2) is 0 Å².